The summed E-state index contributed by atoms with van der Waals surface area (Å²) >= 11 is 0. The van der Waals surface area contributed by atoms with Crippen molar-refractivity contribution in [3.8, 4) is 16.8 Å². The van der Waals surface area contributed by atoms with Crippen molar-refractivity contribution in [2.24, 2.45) is 0 Å². The quantitative estimate of drug-likeness (QED) is 0.243. The van der Waals surface area contributed by atoms with Crippen LogP contribution in [-0.2, 0) is 9.53 Å². The Morgan fingerprint density at radius 2 is 1.69 bits per heavy atom. The van der Waals surface area contributed by atoms with Gasteiger partial charge in [-0.2, -0.15) is 0 Å². The predicted octanol–water partition coefficient (Wildman–Crippen LogP) is 6.69. The topological polar surface area (TPSA) is 88.0 Å². The normalized spacial score (nSPS) is 18.0. The number of amides is 2. The molecule has 2 aromatic carbocycles. The maximum Gasteiger partial charge on any atom is 0.410 e. The van der Waals surface area contributed by atoms with Gasteiger partial charge in [0.25, 0.3) is 11.5 Å². The van der Waals surface area contributed by atoms with Crippen molar-refractivity contribution in [3.05, 3.63) is 81.7 Å². The van der Waals surface area contributed by atoms with E-state index < -0.39 is 58.3 Å². The van der Waals surface area contributed by atoms with Gasteiger partial charge in [-0.05, 0) is 64.3 Å². The number of anilines is 2. The molecular formula is C36H38F3N5O4. The van der Waals surface area contributed by atoms with Gasteiger partial charge in [0.1, 0.15) is 29.0 Å². The van der Waals surface area contributed by atoms with Crippen molar-refractivity contribution >= 4 is 34.3 Å². The maximum atomic E-state index is 17.2. The highest BCUT2D eigenvalue weighted by Gasteiger charge is 2.47. The third-order valence-electron chi connectivity index (χ3n) is 8.97. The Labute approximate surface area is 276 Å². The minimum absolute atomic E-state index is 0.0138. The predicted molar refractivity (Wildman–Crippen MR) is 178 cm³/mol. The first kappa shape index (κ1) is 33.0. The molecular weight excluding hydrogens is 623 g/mol. The molecule has 0 spiro atoms. The largest absolute Gasteiger partial charge is 0.444 e. The Morgan fingerprint density at radius 1 is 1.00 bits per heavy atom. The van der Waals surface area contributed by atoms with Crippen LogP contribution in [0, 0.1) is 24.4 Å². The minimum atomic E-state index is -1.13. The minimum Gasteiger partial charge on any atom is -0.444 e. The fourth-order valence-corrected chi connectivity index (χ4v) is 6.79. The number of benzene rings is 2. The SMILES string of the molecule is Cc1ccnc(C(C)C)c1-n1c(=O)c2c(c3cc(F)c(-c4ccccc4F)c(F)c31)N1C[C@@H](C)N(C(=O)OC(C)(C)C)C[C@@H]1C(=O)N2C. The lowest BCUT2D eigenvalue weighted by Gasteiger charge is -2.50. The number of hydrogen-bond acceptors (Lipinski definition) is 6. The van der Waals surface area contributed by atoms with Gasteiger partial charge in [0.05, 0.1) is 34.7 Å². The molecule has 2 aliphatic heterocycles. The van der Waals surface area contributed by atoms with E-state index in [1.54, 1.807) is 51.8 Å². The number of carbonyl (C=O) groups is 2. The number of hydrogen-bond donors (Lipinski definition) is 0. The van der Waals surface area contributed by atoms with Gasteiger partial charge in [-0.1, -0.05) is 32.0 Å². The Hall–Kier alpha value is -4.87. The number of aromatic nitrogens is 2. The number of ether oxygens (including phenoxy) is 1. The molecule has 2 atom stereocenters. The molecule has 0 bridgehead atoms. The summed E-state index contributed by atoms with van der Waals surface area (Å²) in [6, 6.07) is 6.57. The third-order valence-corrected chi connectivity index (χ3v) is 8.97. The molecule has 0 unspecified atom stereocenters. The first-order chi connectivity index (χ1) is 22.5. The lowest BCUT2D eigenvalue weighted by Crippen LogP contribution is -2.66. The molecule has 9 nitrogen and oxygen atoms in total. The summed E-state index contributed by atoms with van der Waals surface area (Å²) in [4.78, 5) is 50.9. The van der Waals surface area contributed by atoms with Crippen LogP contribution < -0.4 is 15.4 Å². The van der Waals surface area contributed by atoms with Gasteiger partial charge in [0.2, 0.25) is 0 Å². The standard InChI is InChI=1S/C36H38F3N5O4/c1-18(2)28-29(19(3)13-14-40-28)44-30-22(15-24(38)26(27(30)39)21-11-9-10-12-23(21)37)31-32(34(44)46)41(8)33(45)25-17-42(20(4)16-43(25)31)35(47)48-36(5,6)7/h9-15,18,20,25H,16-17H2,1-8H3/t20-,25-/m1/s1. The van der Waals surface area contributed by atoms with Gasteiger partial charge < -0.3 is 19.4 Å². The summed E-state index contributed by atoms with van der Waals surface area (Å²) in [5.74, 6) is -3.69. The molecule has 0 radical (unpaired) electrons. The van der Waals surface area contributed by atoms with E-state index in [0.29, 0.717) is 16.9 Å². The number of pyridine rings is 2. The van der Waals surface area contributed by atoms with Gasteiger partial charge in [-0.25, -0.2) is 18.0 Å². The van der Waals surface area contributed by atoms with Crippen LogP contribution in [0.5, 0.6) is 0 Å². The molecule has 48 heavy (non-hydrogen) atoms. The maximum absolute atomic E-state index is 17.2. The molecule has 6 rings (SSSR count). The molecule has 4 aromatic rings. The molecule has 1 saturated heterocycles. The molecule has 0 aliphatic carbocycles. The second-order valence-corrected chi connectivity index (χ2v) is 13.8. The number of carbonyl (C=O) groups excluding carboxylic acids is 2. The number of nitrogens with zero attached hydrogens (tertiary/aromatic N) is 5. The highest BCUT2D eigenvalue weighted by molar-refractivity contribution is 6.12. The van der Waals surface area contributed by atoms with Crippen LogP contribution in [0.2, 0.25) is 0 Å². The zero-order valence-corrected chi connectivity index (χ0v) is 28.2. The first-order valence-electron chi connectivity index (χ1n) is 15.9. The van der Waals surface area contributed by atoms with E-state index in [0.717, 1.165) is 16.7 Å². The van der Waals surface area contributed by atoms with Crippen molar-refractivity contribution in [1.29, 1.82) is 0 Å². The number of piperazine rings is 1. The van der Waals surface area contributed by atoms with Gasteiger partial charge in [-0.3, -0.25) is 19.1 Å². The average molecular weight is 662 g/mol. The van der Waals surface area contributed by atoms with E-state index >= 15 is 13.2 Å². The van der Waals surface area contributed by atoms with Crippen LogP contribution in [0.15, 0.2) is 47.4 Å². The first-order valence-corrected chi connectivity index (χ1v) is 15.9. The summed E-state index contributed by atoms with van der Waals surface area (Å²) in [6.45, 7) is 12.5. The van der Waals surface area contributed by atoms with Crippen molar-refractivity contribution in [2.45, 2.75) is 72.1 Å². The second-order valence-electron chi connectivity index (χ2n) is 13.8. The Morgan fingerprint density at radius 3 is 2.33 bits per heavy atom. The molecule has 2 aromatic heterocycles. The molecule has 2 aliphatic rings. The van der Waals surface area contributed by atoms with Crippen LogP contribution >= 0.6 is 0 Å². The summed E-state index contributed by atoms with van der Waals surface area (Å²) in [5, 5.41) is 0.0138. The average Bonchev–Trinajstić information content (AvgIpc) is 2.99. The van der Waals surface area contributed by atoms with Crippen molar-refractivity contribution in [3.63, 3.8) is 0 Å². The zero-order valence-electron chi connectivity index (χ0n) is 28.2. The Balaban J connectivity index is 1.71. The van der Waals surface area contributed by atoms with Crippen LogP contribution in [0.25, 0.3) is 27.7 Å². The molecule has 0 N–H and O–H groups in total. The van der Waals surface area contributed by atoms with Crippen molar-refractivity contribution in [2.75, 3.05) is 29.9 Å². The number of aryl methyl sites for hydroxylation is 1. The number of halogens is 3. The van der Waals surface area contributed by atoms with Gasteiger partial charge in [0.15, 0.2) is 5.82 Å². The van der Waals surface area contributed by atoms with Crippen LogP contribution in [0.3, 0.4) is 0 Å². The summed E-state index contributed by atoms with van der Waals surface area (Å²) in [5.41, 5.74) is -1.26. The summed E-state index contributed by atoms with van der Waals surface area (Å²) < 4.78 is 55.3. The number of rotatable bonds is 3. The molecule has 1 fully saturated rings. The fraction of sp³-hybridized carbons (Fsp3) is 0.389. The van der Waals surface area contributed by atoms with Crippen molar-refractivity contribution in [1.82, 2.24) is 14.5 Å². The van der Waals surface area contributed by atoms with E-state index in [1.165, 1.54) is 35.0 Å². The highest BCUT2D eigenvalue weighted by Crippen LogP contribution is 2.45. The lowest BCUT2D eigenvalue weighted by atomic mass is 9.95. The van der Waals surface area contributed by atoms with E-state index in [-0.39, 0.29) is 46.8 Å². The molecule has 252 valence electrons. The van der Waals surface area contributed by atoms with Crippen LogP contribution in [-0.4, -0.2) is 64.3 Å². The number of fused-ring (bicyclic) bond motifs is 5. The fourth-order valence-electron chi connectivity index (χ4n) is 6.79. The second kappa shape index (κ2) is 11.7. The number of likely N-dealkylation sites (N-methyl/N-ethyl adjacent to an activating group) is 1. The van der Waals surface area contributed by atoms with E-state index in [1.807, 2.05) is 13.8 Å². The Bertz CT molecular complexity index is 2050. The third kappa shape index (κ3) is 5.18. The highest BCUT2D eigenvalue weighted by atomic mass is 19.1. The monoisotopic (exact) mass is 661 g/mol. The lowest BCUT2D eigenvalue weighted by molar-refractivity contribution is -0.121. The van der Waals surface area contributed by atoms with Gasteiger partial charge in [-0.15, -0.1) is 0 Å². The van der Waals surface area contributed by atoms with Crippen LogP contribution in [0.4, 0.5) is 29.3 Å². The summed E-state index contributed by atoms with van der Waals surface area (Å²) in [7, 11) is 1.44. The van der Waals surface area contributed by atoms with Gasteiger partial charge >= 0.3 is 6.09 Å². The van der Waals surface area contributed by atoms with E-state index in [2.05, 4.69) is 4.98 Å². The molecule has 0 saturated carbocycles. The smallest absolute Gasteiger partial charge is 0.410 e. The summed E-state index contributed by atoms with van der Waals surface area (Å²) in [6.07, 6.45) is 0.989. The molecule has 4 heterocycles. The van der Waals surface area contributed by atoms with Crippen molar-refractivity contribution < 1.29 is 27.5 Å². The van der Waals surface area contributed by atoms with Gasteiger partial charge in [0, 0.05) is 36.8 Å². The molecule has 12 heteroatoms. The van der Waals surface area contributed by atoms with Crippen LogP contribution in [0.1, 0.15) is 58.7 Å². The van der Waals surface area contributed by atoms with E-state index in [9.17, 15) is 14.4 Å². The molecule has 2 amide bonds. The Kier molecular flexibility index (Phi) is 8.04. The van der Waals surface area contributed by atoms with E-state index in [4.69, 9.17) is 4.74 Å². The zero-order chi connectivity index (χ0) is 35.0.